The quantitative estimate of drug-likeness (QED) is 0.670. The van der Waals surface area contributed by atoms with Crippen molar-refractivity contribution in [3.8, 4) is 22.9 Å². The third-order valence-corrected chi connectivity index (χ3v) is 3.74. The minimum Gasteiger partial charge on any atom is -0.497 e. The first-order chi connectivity index (χ1) is 12.2. The molecule has 0 fully saturated rings. The molecule has 0 spiro atoms. The van der Waals surface area contributed by atoms with Gasteiger partial charge in [-0.15, -0.1) is 0 Å². The summed E-state index contributed by atoms with van der Waals surface area (Å²) in [5.74, 6) is 2.33. The zero-order valence-electron chi connectivity index (χ0n) is 14.5. The van der Waals surface area contributed by atoms with Crippen molar-refractivity contribution in [2.75, 3.05) is 14.2 Å². The molecule has 0 aliphatic rings. The van der Waals surface area contributed by atoms with Gasteiger partial charge < -0.3 is 19.3 Å². The average Bonchev–Trinajstić information content (AvgIpc) is 3.31. The molecule has 2 heterocycles. The number of nitrogens with zero attached hydrogens (tertiary/aromatic N) is 4. The van der Waals surface area contributed by atoms with Crippen molar-refractivity contribution in [1.82, 2.24) is 25.2 Å². The van der Waals surface area contributed by atoms with Gasteiger partial charge >= 0.3 is 0 Å². The Labute approximate surface area is 145 Å². The van der Waals surface area contributed by atoms with Crippen molar-refractivity contribution in [3.05, 3.63) is 42.5 Å². The molecular formula is C17H21N5O3. The molecule has 8 heteroatoms. The fraction of sp³-hybridized carbons (Fsp3) is 0.353. The van der Waals surface area contributed by atoms with Gasteiger partial charge in [-0.05, 0) is 25.1 Å². The molecule has 1 atom stereocenters. The van der Waals surface area contributed by atoms with E-state index in [2.05, 4.69) is 27.5 Å². The molecule has 2 aromatic heterocycles. The molecule has 132 valence electrons. The second-order valence-corrected chi connectivity index (χ2v) is 5.59. The van der Waals surface area contributed by atoms with E-state index in [0.717, 1.165) is 12.1 Å². The van der Waals surface area contributed by atoms with Crippen LogP contribution in [-0.2, 0) is 13.1 Å². The van der Waals surface area contributed by atoms with Gasteiger partial charge in [0.05, 0.1) is 32.9 Å². The molecule has 25 heavy (non-hydrogen) atoms. The Morgan fingerprint density at radius 1 is 1.28 bits per heavy atom. The van der Waals surface area contributed by atoms with Gasteiger partial charge in [0.25, 0.3) is 0 Å². The number of ether oxygens (including phenoxy) is 2. The summed E-state index contributed by atoms with van der Waals surface area (Å²) < 4.78 is 17.8. The van der Waals surface area contributed by atoms with Gasteiger partial charge in [-0.1, -0.05) is 5.16 Å². The predicted octanol–water partition coefficient (Wildman–Crippen LogP) is 2.13. The zero-order valence-corrected chi connectivity index (χ0v) is 14.5. The summed E-state index contributed by atoms with van der Waals surface area (Å²) in [6.45, 7) is 3.32. The van der Waals surface area contributed by atoms with Crippen LogP contribution < -0.4 is 14.8 Å². The van der Waals surface area contributed by atoms with E-state index in [1.54, 1.807) is 26.5 Å². The monoisotopic (exact) mass is 343 g/mol. The lowest BCUT2D eigenvalue weighted by molar-refractivity contribution is 0.350. The Hall–Kier alpha value is -2.87. The summed E-state index contributed by atoms with van der Waals surface area (Å²) in [4.78, 5) is 4.43. The molecule has 0 amide bonds. The highest BCUT2D eigenvalue weighted by atomic mass is 16.5. The van der Waals surface area contributed by atoms with Crippen LogP contribution in [0.15, 0.2) is 41.2 Å². The Bertz CT molecular complexity index is 800. The van der Waals surface area contributed by atoms with Crippen LogP contribution in [0, 0.1) is 0 Å². The van der Waals surface area contributed by atoms with E-state index in [4.69, 9.17) is 14.0 Å². The van der Waals surface area contributed by atoms with E-state index >= 15 is 0 Å². The number of rotatable bonds is 8. The summed E-state index contributed by atoms with van der Waals surface area (Å²) in [6, 6.07) is 7.58. The molecule has 1 N–H and O–H groups in total. The molecular weight excluding hydrogens is 322 g/mol. The van der Waals surface area contributed by atoms with Crippen LogP contribution in [0.1, 0.15) is 12.8 Å². The fourth-order valence-electron chi connectivity index (χ4n) is 2.43. The summed E-state index contributed by atoms with van der Waals surface area (Å²) in [5.41, 5.74) is 0.753. The second-order valence-electron chi connectivity index (χ2n) is 5.59. The van der Waals surface area contributed by atoms with E-state index in [1.807, 2.05) is 29.1 Å². The maximum absolute atomic E-state index is 5.38. The highest BCUT2D eigenvalue weighted by Gasteiger charge is 2.15. The van der Waals surface area contributed by atoms with Gasteiger partial charge in [0.1, 0.15) is 11.5 Å². The van der Waals surface area contributed by atoms with E-state index in [9.17, 15) is 0 Å². The highest BCUT2D eigenvalue weighted by molar-refractivity contribution is 5.65. The lowest BCUT2D eigenvalue weighted by atomic mass is 10.2. The third-order valence-electron chi connectivity index (χ3n) is 3.74. The van der Waals surface area contributed by atoms with Crippen molar-refractivity contribution < 1.29 is 14.0 Å². The van der Waals surface area contributed by atoms with Crippen molar-refractivity contribution in [2.45, 2.75) is 26.1 Å². The highest BCUT2D eigenvalue weighted by Crippen LogP contribution is 2.31. The van der Waals surface area contributed by atoms with Crippen LogP contribution in [0.25, 0.3) is 11.4 Å². The Kier molecular flexibility index (Phi) is 5.30. The maximum Gasteiger partial charge on any atom is 0.240 e. The van der Waals surface area contributed by atoms with Crippen LogP contribution in [0.3, 0.4) is 0 Å². The van der Waals surface area contributed by atoms with E-state index in [0.29, 0.717) is 29.8 Å². The molecule has 8 nitrogen and oxygen atoms in total. The standard InChI is InChI=1S/C17H21N5O3/c1-12(11-22-8-4-7-19-22)18-10-16-20-17(21-25-16)14-6-5-13(23-2)9-15(14)24-3/h4-9,12,18H,10-11H2,1-3H3/t12-/m0/s1. The fourth-order valence-corrected chi connectivity index (χ4v) is 2.43. The van der Waals surface area contributed by atoms with Crippen LogP contribution in [-0.4, -0.2) is 40.2 Å². The number of hydrogen-bond donors (Lipinski definition) is 1. The molecule has 1 aromatic carbocycles. The lowest BCUT2D eigenvalue weighted by Crippen LogP contribution is -2.30. The minimum atomic E-state index is 0.214. The molecule has 0 aliphatic heterocycles. The van der Waals surface area contributed by atoms with Crippen LogP contribution in [0.4, 0.5) is 0 Å². The van der Waals surface area contributed by atoms with Gasteiger partial charge in [0.2, 0.25) is 11.7 Å². The summed E-state index contributed by atoms with van der Waals surface area (Å²) >= 11 is 0. The lowest BCUT2D eigenvalue weighted by Gasteiger charge is -2.11. The largest absolute Gasteiger partial charge is 0.497 e. The molecule has 0 bridgehead atoms. The first-order valence-electron chi connectivity index (χ1n) is 7.95. The van der Waals surface area contributed by atoms with Crippen LogP contribution >= 0.6 is 0 Å². The van der Waals surface area contributed by atoms with E-state index < -0.39 is 0 Å². The van der Waals surface area contributed by atoms with E-state index in [1.165, 1.54) is 0 Å². The van der Waals surface area contributed by atoms with Crippen molar-refractivity contribution in [2.24, 2.45) is 0 Å². The SMILES string of the molecule is COc1ccc(-c2noc(CN[C@@H](C)Cn3cccn3)n2)c(OC)c1. The first kappa shape index (κ1) is 17.0. The average molecular weight is 343 g/mol. The summed E-state index contributed by atoms with van der Waals surface area (Å²) in [5, 5.41) is 11.6. The van der Waals surface area contributed by atoms with Gasteiger partial charge in [-0.2, -0.15) is 10.1 Å². The minimum absolute atomic E-state index is 0.214. The molecule has 0 unspecified atom stereocenters. The summed E-state index contributed by atoms with van der Waals surface area (Å²) in [6.07, 6.45) is 3.69. The number of nitrogens with one attached hydrogen (secondary N) is 1. The van der Waals surface area contributed by atoms with Crippen molar-refractivity contribution in [3.63, 3.8) is 0 Å². The number of methoxy groups -OCH3 is 2. The van der Waals surface area contributed by atoms with Gasteiger partial charge in [0.15, 0.2) is 0 Å². The Morgan fingerprint density at radius 3 is 2.88 bits per heavy atom. The Balaban J connectivity index is 1.64. The van der Waals surface area contributed by atoms with Crippen molar-refractivity contribution >= 4 is 0 Å². The predicted molar refractivity (Wildman–Crippen MR) is 91.4 cm³/mol. The van der Waals surface area contributed by atoms with Crippen LogP contribution in [0.5, 0.6) is 11.5 Å². The molecule has 0 saturated heterocycles. The molecule has 0 saturated carbocycles. The van der Waals surface area contributed by atoms with Gasteiger partial charge in [-0.25, -0.2) is 0 Å². The smallest absolute Gasteiger partial charge is 0.240 e. The molecule has 3 rings (SSSR count). The second kappa shape index (κ2) is 7.80. The molecule has 0 radical (unpaired) electrons. The number of hydrogen-bond acceptors (Lipinski definition) is 7. The zero-order chi connectivity index (χ0) is 17.6. The van der Waals surface area contributed by atoms with Crippen molar-refractivity contribution in [1.29, 1.82) is 0 Å². The maximum atomic E-state index is 5.38. The summed E-state index contributed by atoms with van der Waals surface area (Å²) in [7, 11) is 3.20. The number of benzene rings is 1. The van der Waals surface area contributed by atoms with Gasteiger partial charge in [-0.3, -0.25) is 4.68 Å². The Morgan fingerprint density at radius 2 is 2.16 bits per heavy atom. The third kappa shape index (κ3) is 4.16. The normalized spacial score (nSPS) is 12.1. The topological polar surface area (TPSA) is 87.2 Å². The van der Waals surface area contributed by atoms with Crippen LogP contribution in [0.2, 0.25) is 0 Å². The van der Waals surface area contributed by atoms with Gasteiger partial charge in [0, 0.05) is 24.5 Å². The molecule has 0 aliphatic carbocycles. The number of aromatic nitrogens is 4. The molecule has 3 aromatic rings. The first-order valence-corrected chi connectivity index (χ1v) is 7.95. The van der Waals surface area contributed by atoms with E-state index in [-0.39, 0.29) is 6.04 Å².